The van der Waals surface area contributed by atoms with E-state index in [0.29, 0.717) is 30.1 Å². The minimum atomic E-state index is -0.813. The second-order valence-corrected chi connectivity index (χ2v) is 8.57. The number of rotatable bonds is 4. The molecule has 3 heterocycles. The molecular weight excluding hydrogens is 380 g/mol. The van der Waals surface area contributed by atoms with E-state index in [9.17, 15) is 9.59 Å². The molecular formula is C17H15ClN2O3S2. The summed E-state index contributed by atoms with van der Waals surface area (Å²) in [7, 11) is 0. The predicted octanol–water partition coefficient (Wildman–Crippen LogP) is 3.57. The Balaban J connectivity index is 1.43. The molecule has 130 valence electrons. The van der Waals surface area contributed by atoms with Gasteiger partial charge in [0.25, 0.3) is 0 Å². The van der Waals surface area contributed by atoms with Gasteiger partial charge in [-0.15, -0.1) is 23.1 Å². The van der Waals surface area contributed by atoms with Crippen LogP contribution in [0.25, 0.3) is 10.6 Å². The summed E-state index contributed by atoms with van der Waals surface area (Å²) in [5.41, 5.74) is 1.68. The molecule has 8 heteroatoms. The van der Waals surface area contributed by atoms with Gasteiger partial charge >= 0.3 is 5.97 Å². The summed E-state index contributed by atoms with van der Waals surface area (Å²) in [4.78, 5) is 29.9. The molecule has 4 rings (SSSR count). The second-order valence-electron chi connectivity index (χ2n) is 5.91. The van der Waals surface area contributed by atoms with Gasteiger partial charge in [-0.25, -0.2) is 9.78 Å². The summed E-state index contributed by atoms with van der Waals surface area (Å²) in [5.74, 6) is 0.487. The van der Waals surface area contributed by atoms with Gasteiger partial charge in [0.05, 0.1) is 5.69 Å². The van der Waals surface area contributed by atoms with Crippen molar-refractivity contribution in [2.45, 2.75) is 24.3 Å². The van der Waals surface area contributed by atoms with Crippen molar-refractivity contribution in [2.24, 2.45) is 0 Å². The summed E-state index contributed by atoms with van der Waals surface area (Å²) in [6.45, 7) is 0.739. The zero-order valence-corrected chi connectivity index (χ0v) is 15.6. The molecule has 0 radical (unpaired) electrons. The van der Waals surface area contributed by atoms with Crippen LogP contribution in [0.2, 0.25) is 5.02 Å². The van der Waals surface area contributed by atoms with Crippen LogP contribution in [0.4, 0.5) is 0 Å². The Morgan fingerprint density at radius 3 is 2.96 bits per heavy atom. The van der Waals surface area contributed by atoms with Gasteiger partial charge in [0, 0.05) is 34.7 Å². The largest absolute Gasteiger partial charge is 0.457 e. The maximum atomic E-state index is 12.6. The fraction of sp³-hybridized carbons (Fsp3) is 0.353. The van der Waals surface area contributed by atoms with Crippen molar-refractivity contribution >= 4 is 46.6 Å². The molecule has 2 aliphatic rings. The predicted molar refractivity (Wildman–Crippen MR) is 98.5 cm³/mol. The molecule has 2 fully saturated rings. The summed E-state index contributed by atoms with van der Waals surface area (Å²) >= 11 is 8.91. The molecule has 0 spiro atoms. The lowest BCUT2D eigenvalue weighted by Crippen LogP contribution is -2.46. The number of esters is 1. The number of thiazole rings is 1. The number of benzene rings is 1. The molecule has 2 aromatic rings. The molecule has 1 amide bonds. The number of amides is 1. The number of ether oxygens (including phenoxy) is 1. The van der Waals surface area contributed by atoms with Crippen molar-refractivity contribution < 1.29 is 14.3 Å². The Morgan fingerprint density at radius 1 is 1.36 bits per heavy atom. The molecule has 1 atom stereocenters. The summed E-state index contributed by atoms with van der Waals surface area (Å²) in [5, 5.41) is 3.42. The van der Waals surface area contributed by atoms with Crippen molar-refractivity contribution in [2.75, 3.05) is 12.3 Å². The monoisotopic (exact) mass is 394 g/mol. The lowest BCUT2D eigenvalue weighted by Gasteiger charge is -2.27. The lowest BCUT2D eigenvalue weighted by atomic mass is 10.2. The van der Waals surface area contributed by atoms with E-state index in [0.717, 1.165) is 16.3 Å². The Bertz CT molecular complexity index is 824. The third kappa shape index (κ3) is 3.05. The van der Waals surface area contributed by atoms with Crippen LogP contribution in [0, 0.1) is 0 Å². The second kappa shape index (κ2) is 6.63. The van der Waals surface area contributed by atoms with Crippen LogP contribution in [0.5, 0.6) is 0 Å². The first-order chi connectivity index (χ1) is 12.1. The Kier molecular flexibility index (Phi) is 4.47. The van der Waals surface area contributed by atoms with Crippen LogP contribution in [0.3, 0.4) is 0 Å². The van der Waals surface area contributed by atoms with Crippen LogP contribution in [0.1, 0.15) is 18.5 Å². The smallest absolute Gasteiger partial charge is 0.343 e. The minimum absolute atomic E-state index is 0.0423. The highest BCUT2D eigenvalue weighted by Gasteiger charge is 2.55. The van der Waals surface area contributed by atoms with Crippen molar-refractivity contribution in [3.05, 3.63) is 40.4 Å². The van der Waals surface area contributed by atoms with Gasteiger partial charge in [0.2, 0.25) is 5.91 Å². The van der Waals surface area contributed by atoms with Crippen molar-refractivity contribution in [3.63, 3.8) is 0 Å². The minimum Gasteiger partial charge on any atom is -0.457 e. The number of halogens is 1. The highest BCUT2D eigenvalue weighted by Crippen LogP contribution is 2.45. The molecule has 0 aliphatic carbocycles. The molecule has 0 saturated carbocycles. The van der Waals surface area contributed by atoms with Gasteiger partial charge in [-0.2, -0.15) is 0 Å². The fourth-order valence-electron chi connectivity index (χ4n) is 3.13. The first-order valence-corrected chi connectivity index (χ1v) is 10.1. The lowest BCUT2D eigenvalue weighted by molar-refractivity contribution is -0.154. The SMILES string of the molecule is O=C1CC[C@]2(C(=O)OCc3csc(-c4ccc(Cl)cc4)n3)SCCN12. The topological polar surface area (TPSA) is 59.5 Å². The summed E-state index contributed by atoms with van der Waals surface area (Å²) < 4.78 is 5.50. The fourth-order valence-corrected chi connectivity index (χ4v) is 5.45. The number of fused-ring (bicyclic) bond motifs is 1. The van der Waals surface area contributed by atoms with Gasteiger partial charge in [0.15, 0.2) is 4.87 Å². The van der Waals surface area contributed by atoms with E-state index in [-0.39, 0.29) is 18.5 Å². The zero-order chi connectivity index (χ0) is 17.4. The molecule has 2 saturated heterocycles. The van der Waals surface area contributed by atoms with E-state index in [2.05, 4.69) is 4.98 Å². The average Bonchev–Trinajstić information content (AvgIpc) is 3.31. The summed E-state index contributed by atoms with van der Waals surface area (Å²) in [6.07, 6.45) is 0.946. The van der Waals surface area contributed by atoms with Crippen molar-refractivity contribution in [1.82, 2.24) is 9.88 Å². The number of hydrogen-bond acceptors (Lipinski definition) is 6. The number of carbonyl (C=O) groups excluding carboxylic acids is 2. The molecule has 25 heavy (non-hydrogen) atoms. The number of thioether (sulfide) groups is 1. The highest BCUT2D eigenvalue weighted by atomic mass is 35.5. The maximum Gasteiger partial charge on any atom is 0.343 e. The van der Waals surface area contributed by atoms with E-state index in [1.165, 1.54) is 23.1 Å². The third-order valence-corrected chi connectivity index (χ3v) is 7.03. The van der Waals surface area contributed by atoms with E-state index in [4.69, 9.17) is 16.3 Å². The standard InChI is InChI=1S/C17H15ClN2O3S2/c18-12-3-1-11(2-4-12)15-19-13(10-24-15)9-23-16(22)17-6-5-14(21)20(17)7-8-25-17/h1-4,10H,5-9H2/t17-/m1/s1. The van der Waals surface area contributed by atoms with Crippen molar-refractivity contribution in [1.29, 1.82) is 0 Å². The van der Waals surface area contributed by atoms with Gasteiger partial charge in [-0.1, -0.05) is 23.7 Å². The molecule has 1 aromatic heterocycles. The van der Waals surface area contributed by atoms with Crippen LogP contribution in [-0.4, -0.2) is 38.9 Å². The molecule has 0 unspecified atom stereocenters. The van der Waals surface area contributed by atoms with E-state index in [1.54, 1.807) is 4.90 Å². The van der Waals surface area contributed by atoms with Gasteiger partial charge in [-0.05, 0) is 18.6 Å². The van der Waals surface area contributed by atoms with Crippen LogP contribution >= 0.6 is 34.7 Å². The zero-order valence-electron chi connectivity index (χ0n) is 13.2. The molecule has 0 bridgehead atoms. The molecule has 0 N–H and O–H groups in total. The van der Waals surface area contributed by atoms with Gasteiger partial charge in [-0.3, -0.25) is 4.79 Å². The van der Waals surface area contributed by atoms with E-state index < -0.39 is 4.87 Å². The van der Waals surface area contributed by atoms with Gasteiger partial charge in [0.1, 0.15) is 11.6 Å². The number of carbonyl (C=O) groups is 2. The average molecular weight is 395 g/mol. The number of aromatic nitrogens is 1. The van der Waals surface area contributed by atoms with Crippen LogP contribution in [0.15, 0.2) is 29.6 Å². The Labute approximate surface area is 158 Å². The third-order valence-electron chi connectivity index (χ3n) is 4.38. The summed E-state index contributed by atoms with van der Waals surface area (Å²) in [6, 6.07) is 7.46. The quantitative estimate of drug-likeness (QED) is 0.742. The molecule has 1 aromatic carbocycles. The first kappa shape index (κ1) is 16.9. The molecule has 2 aliphatic heterocycles. The van der Waals surface area contributed by atoms with Crippen LogP contribution in [-0.2, 0) is 20.9 Å². The van der Waals surface area contributed by atoms with E-state index in [1.807, 2.05) is 29.6 Å². The van der Waals surface area contributed by atoms with E-state index >= 15 is 0 Å². The van der Waals surface area contributed by atoms with Crippen molar-refractivity contribution in [3.8, 4) is 10.6 Å². The molecule has 5 nitrogen and oxygen atoms in total. The van der Waals surface area contributed by atoms with Crippen LogP contribution < -0.4 is 0 Å². The Morgan fingerprint density at radius 2 is 2.16 bits per heavy atom. The highest BCUT2D eigenvalue weighted by molar-refractivity contribution is 8.01. The number of nitrogens with zero attached hydrogens (tertiary/aromatic N) is 2. The number of hydrogen-bond donors (Lipinski definition) is 0. The van der Waals surface area contributed by atoms with Gasteiger partial charge < -0.3 is 9.64 Å². The first-order valence-electron chi connectivity index (χ1n) is 7.90. The normalized spacial score (nSPS) is 22.3. The Hall–Kier alpha value is -1.57. The maximum absolute atomic E-state index is 12.6.